The van der Waals surface area contributed by atoms with Crippen LogP contribution in [0.5, 0.6) is 0 Å². The molecule has 0 aromatic carbocycles. The topological polar surface area (TPSA) is 3.24 Å². The summed E-state index contributed by atoms with van der Waals surface area (Å²) in [6, 6.07) is 0.708. The molecule has 0 amide bonds. The van der Waals surface area contributed by atoms with Crippen LogP contribution in [0, 0.1) is 0 Å². The van der Waals surface area contributed by atoms with Crippen molar-refractivity contribution in [1.82, 2.24) is 4.90 Å². The lowest BCUT2D eigenvalue weighted by atomic mass is 10.2. The molecule has 1 fully saturated rings. The Balaban J connectivity index is 2.18. The third-order valence-corrected chi connectivity index (χ3v) is 2.51. The van der Waals surface area contributed by atoms with Gasteiger partial charge in [0.05, 0.1) is 0 Å². The average Bonchev–Trinajstić information content (AvgIpc) is 2.38. The molecule has 1 aliphatic heterocycles. The van der Waals surface area contributed by atoms with Gasteiger partial charge in [-0.1, -0.05) is 0 Å². The van der Waals surface area contributed by atoms with Crippen LogP contribution < -0.4 is 0 Å². The van der Waals surface area contributed by atoms with Crippen LogP contribution >= 0.6 is 11.6 Å². The van der Waals surface area contributed by atoms with Gasteiger partial charge in [-0.2, -0.15) is 0 Å². The Morgan fingerprint density at radius 2 is 2.00 bits per heavy atom. The Bertz CT molecular complexity index is 89.3. The zero-order valence-corrected chi connectivity index (χ0v) is 7.40. The first kappa shape index (κ1) is 8.35. The fraction of sp³-hybridized carbons (Fsp3) is 1.00. The number of rotatable bonds is 3. The van der Waals surface area contributed by atoms with E-state index in [0.717, 1.165) is 12.3 Å². The third kappa shape index (κ3) is 2.14. The van der Waals surface area contributed by atoms with E-state index in [1.165, 1.54) is 25.9 Å². The standard InChI is InChI=1S/C8H16ClN/c1-8(4-5-9)10-6-2-3-7-10/h8H,2-7H2,1H3. The van der Waals surface area contributed by atoms with Gasteiger partial charge < -0.3 is 4.90 Å². The largest absolute Gasteiger partial charge is 0.301 e. The van der Waals surface area contributed by atoms with Gasteiger partial charge >= 0.3 is 0 Å². The highest BCUT2D eigenvalue weighted by Crippen LogP contribution is 2.13. The molecule has 0 radical (unpaired) electrons. The van der Waals surface area contributed by atoms with Gasteiger partial charge in [0.2, 0.25) is 0 Å². The third-order valence-electron chi connectivity index (χ3n) is 2.29. The maximum absolute atomic E-state index is 5.65. The van der Waals surface area contributed by atoms with Crippen molar-refractivity contribution in [3.63, 3.8) is 0 Å². The van der Waals surface area contributed by atoms with Crippen LogP contribution in [0.15, 0.2) is 0 Å². The molecule has 1 unspecified atom stereocenters. The summed E-state index contributed by atoms with van der Waals surface area (Å²) in [5, 5.41) is 0. The van der Waals surface area contributed by atoms with E-state index in [9.17, 15) is 0 Å². The number of alkyl halides is 1. The highest BCUT2D eigenvalue weighted by molar-refractivity contribution is 6.17. The molecule has 1 saturated heterocycles. The van der Waals surface area contributed by atoms with E-state index < -0.39 is 0 Å². The molecule has 60 valence electrons. The summed E-state index contributed by atoms with van der Waals surface area (Å²) in [4.78, 5) is 2.53. The van der Waals surface area contributed by atoms with Crippen LogP contribution in [-0.2, 0) is 0 Å². The van der Waals surface area contributed by atoms with Crippen molar-refractivity contribution in [2.45, 2.75) is 32.2 Å². The molecule has 0 bridgehead atoms. The van der Waals surface area contributed by atoms with E-state index in [1.54, 1.807) is 0 Å². The maximum Gasteiger partial charge on any atom is 0.0238 e. The van der Waals surface area contributed by atoms with Crippen molar-refractivity contribution >= 4 is 11.6 Å². The Kier molecular flexibility index (Phi) is 3.50. The van der Waals surface area contributed by atoms with Crippen molar-refractivity contribution < 1.29 is 0 Å². The fourth-order valence-electron chi connectivity index (χ4n) is 1.52. The first-order valence-electron chi connectivity index (χ1n) is 4.14. The Labute approximate surface area is 68.4 Å². The number of halogens is 1. The van der Waals surface area contributed by atoms with Gasteiger partial charge in [0.15, 0.2) is 0 Å². The van der Waals surface area contributed by atoms with Gasteiger partial charge in [0.25, 0.3) is 0 Å². The van der Waals surface area contributed by atoms with Gasteiger partial charge in [0.1, 0.15) is 0 Å². The number of hydrogen-bond donors (Lipinski definition) is 0. The normalized spacial score (nSPS) is 23.4. The smallest absolute Gasteiger partial charge is 0.0238 e. The summed E-state index contributed by atoms with van der Waals surface area (Å²) >= 11 is 5.65. The average molecular weight is 162 g/mol. The predicted molar refractivity (Wildman–Crippen MR) is 45.6 cm³/mol. The minimum atomic E-state index is 0.708. The summed E-state index contributed by atoms with van der Waals surface area (Å²) in [7, 11) is 0. The van der Waals surface area contributed by atoms with Crippen LogP contribution in [0.4, 0.5) is 0 Å². The predicted octanol–water partition coefficient (Wildman–Crippen LogP) is 2.10. The molecule has 1 nitrogen and oxygen atoms in total. The SMILES string of the molecule is CC(CCCl)N1CCCC1. The fourth-order valence-corrected chi connectivity index (χ4v) is 1.84. The molecule has 0 spiro atoms. The van der Waals surface area contributed by atoms with Gasteiger partial charge in [-0.3, -0.25) is 0 Å². The van der Waals surface area contributed by atoms with E-state index in [0.29, 0.717) is 6.04 Å². The van der Waals surface area contributed by atoms with Crippen LogP contribution in [-0.4, -0.2) is 29.9 Å². The molecule has 1 heterocycles. The van der Waals surface area contributed by atoms with E-state index in [2.05, 4.69) is 11.8 Å². The van der Waals surface area contributed by atoms with Crippen LogP contribution in [0.3, 0.4) is 0 Å². The Morgan fingerprint density at radius 1 is 1.40 bits per heavy atom. The lowest BCUT2D eigenvalue weighted by molar-refractivity contribution is 0.254. The zero-order chi connectivity index (χ0) is 7.40. The molecule has 1 aliphatic rings. The van der Waals surface area contributed by atoms with Gasteiger partial charge in [-0.05, 0) is 39.3 Å². The summed E-state index contributed by atoms with van der Waals surface area (Å²) in [5.74, 6) is 0.803. The first-order valence-corrected chi connectivity index (χ1v) is 4.68. The minimum Gasteiger partial charge on any atom is -0.301 e. The quantitative estimate of drug-likeness (QED) is 0.574. The van der Waals surface area contributed by atoms with Crippen LogP contribution in [0.2, 0.25) is 0 Å². The molecule has 1 atom stereocenters. The van der Waals surface area contributed by atoms with Crippen LogP contribution in [0.1, 0.15) is 26.2 Å². The molecule has 0 aromatic heterocycles. The second-order valence-electron chi connectivity index (χ2n) is 3.07. The number of likely N-dealkylation sites (tertiary alicyclic amines) is 1. The Hall–Kier alpha value is 0.250. The zero-order valence-electron chi connectivity index (χ0n) is 6.65. The molecule has 1 rings (SSSR count). The summed E-state index contributed by atoms with van der Waals surface area (Å²) < 4.78 is 0. The molecular formula is C8H16ClN. The summed E-state index contributed by atoms with van der Waals surface area (Å²) in [5.41, 5.74) is 0. The van der Waals surface area contributed by atoms with Crippen molar-refractivity contribution in [3.8, 4) is 0 Å². The molecule has 0 saturated carbocycles. The molecule has 10 heavy (non-hydrogen) atoms. The number of nitrogens with zero attached hydrogens (tertiary/aromatic N) is 1. The highest BCUT2D eigenvalue weighted by atomic mass is 35.5. The molecule has 2 heteroatoms. The van der Waals surface area contributed by atoms with Gasteiger partial charge in [-0.25, -0.2) is 0 Å². The van der Waals surface area contributed by atoms with E-state index in [1.807, 2.05) is 0 Å². The second-order valence-corrected chi connectivity index (χ2v) is 3.45. The lowest BCUT2D eigenvalue weighted by Gasteiger charge is -2.22. The van der Waals surface area contributed by atoms with Gasteiger partial charge in [-0.15, -0.1) is 11.6 Å². The molecule has 0 aliphatic carbocycles. The first-order chi connectivity index (χ1) is 4.84. The molecule has 0 aromatic rings. The lowest BCUT2D eigenvalue weighted by Crippen LogP contribution is -2.30. The van der Waals surface area contributed by atoms with Crippen molar-refractivity contribution in [3.05, 3.63) is 0 Å². The minimum absolute atomic E-state index is 0.708. The molecule has 0 N–H and O–H groups in total. The summed E-state index contributed by atoms with van der Waals surface area (Å²) in [6.07, 6.45) is 3.90. The van der Waals surface area contributed by atoms with E-state index in [-0.39, 0.29) is 0 Å². The monoisotopic (exact) mass is 161 g/mol. The van der Waals surface area contributed by atoms with Crippen LogP contribution in [0.25, 0.3) is 0 Å². The van der Waals surface area contributed by atoms with Crippen molar-refractivity contribution in [2.75, 3.05) is 19.0 Å². The van der Waals surface area contributed by atoms with Crippen molar-refractivity contribution in [1.29, 1.82) is 0 Å². The summed E-state index contributed by atoms with van der Waals surface area (Å²) in [6.45, 7) is 4.85. The maximum atomic E-state index is 5.65. The van der Waals surface area contributed by atoms with Gasteiger partial charge in [0, 0.05) is 11.9 Å². The Morgan fingerprint density at radius 3 is 2.50 bits per heavy atom. The van der Waals surface area contributed by atoms with Crippen molar-refractivity contribution in [2.24, 2.45) is 0 Å². The second kappa shape index (κ2) is 4.20. The number of hydrogen-bond acceptors (Lipinski definition) is 1. The van der Waals surface area contributed by atoms with E-state index >= 15 is 0 Å². The van der Waals surface area contributed by atoms with E-state index in [4.69, 9.17) is 11.6 Å². The highest BCUT2D eigenvalue weighted by Gasteiger charge is 2.16. The molecular weight excluding hydrogens is 146 g/mol.